The zero-order chi connectivity index (χ0) is 15.1. The molecule has 0 unspecified atom stereocenters. The van der Waals surface area contributed by atoms with Gasteiger partial charge in [-0.3, -0.25) is 9.59 Å². The zero-order valence-corrected chi connectivity index (χ0v) is 11.4. The Hall–Kier alpha value is -2.44. The first-order valence-electron chi connectivity index (χ1n) is 6.17. The molecule has 7 heteroatoms. The number of likely N-dealkylation sites (N-methyl/N-ethyl adjacent to an activating group) is 1. The molecule has 0 saturated carbocycles. The van der Waals surface area contributed by atoms with E-state index in [-0.39, 0.29) is 29.6 Å². The monoisotopic (exact) mass is 279 g/mol. The van der Waals surface area contributed by atoms with E-state index in [0.717, 1.165) is 6.42 Å². The summed E-state index contributed by atoms with van der Waals surface area (Å²) in [6.07, 6.45) is 2.01. The molecule has 2 amide bonds. The molecule has 1 aromatic heterocycles. The SMILES string of the molecule is CCCNC(=O)CN(C)C(=O)c1ccc(C(=O)O)nc1. The number of aromatic nitrogens is 1. The maximum Gasteiger partial charge on any atom is 0.354 e. The third-order valence-electron chi connectivity index (χ3n) is 2.53. The van der Waals surface area contributed by atoms with Crippen molar-refractivity contribution in [1.82, 2.24) is 15.2 Å². The van der Waals surface area contributed by atoms with E-state index < -0.39 is 5.97 Å². The minimum absolute atomic E-state index is 0.0560. The Labute approximate surface area is 116 Å². The normalized spacial score (nSPS) is 9.90. The largest absolute Gasteiger partial charge is 0.477 e. The van der Waals surface area contributed by atoms with Crippen LogP contribution in [0, 0.1) is 0 Å². The highest BCUT2D eigenvalue weighted by atomic mass is 16.4. The summed E-state index contributed by atoms with van der Waals surface area (Å²) in [7, 11) is 1.50. The van der Waals surface area contributed by atoms with Crippen LogP contribution < -0.4 is 5.32 Å². The quantitative estimate of drug-likeness (QED) is 0.784. The second kappa shape index (κ2) is 7.22. The standard InChI is InChI=1S/C13H17N3O4/c1-3-6-14-11(17)8-16(2)12(18)9-4-5-10(13(19)20)15-7-9/h4-5,7H,3,6,8H2,1-2H3,(H,14,17)(H,19,20). The molecule has 1 aromatic rings. The van der Waals surface area contributed by atoms with Gasteiger partial charge in [0.2, 0.25) is 5.91 Å². The van der Waals surface area contributed by atoms with Gasteiger partial charge in [0, 0.05) is 19.8 Å². The Bertz CT molecular complexity index is 499. The van der Waals surface area contributed by atoms with Gasteiger partial charge in [-0.15, -0.1) is 0 Å². The lowest BCUT2D eigenvalue weighted by Crippen LogP contribution is -2.38. The first kappa shape index (κ1) is 15.6. The second-order valence-corrected chi connectivity index (χ2v) is 4.25. The van der Waals surface area contributed by atoms with Crippen molar-refractivity contribution in [3.05, 3.63) is 29.6 Å². The van der Waals surface area contributed by atoms with Crippen LogP contribution in [0.2, 0.25) is 0 Å². The molecule has 7 nitrogen and oxygen atoms in total. The molecule has 0 saturated heterocycles. The summed E-state index contributed by atoms with van der Waals surface area (Å²) in [6.45, 7) is 2.44. The number of carbonyl (C=O) groups excluding carboxylic acids is 2. The first-order chi connectivity index (χ1) is 9.45. The van der Waals surface area contributed by atoms with E-state index in [9.17, 15) is 14.4 Å². The number of aromatic carboxylic acids is 1. The van der Waals surface area contributed by atoms with Gasteiger partial charge >= 0.3 is 5.97 Å². The maximum atomic E-state index is 12.0. The number of pyridine rings is 1. The Morgan fingerprint density at radius 3 is 2.55 bits per heavy atom. The molecule has 0 bridgehead atoms. The highest BCUT2D eigenvalue weighted by Crippen LogP contribution is 2.04. The number of hydrogen-bond acceptors (Lipinski definition) is 4. The molecule has 0 aliphatic rings. The van der Waals surface area contributed by atoms with Gasteiger partial charge in [-0.05, 0) is 18.6 Å². The van der Waals surface area contributed by atoms with Crippen molar-refractivity contribution in [2.24, 2.45) is 0 Å². The van der Waals surface area contributed by atoms with Gasteiger partial charge in [0.25, 0.3) is 5.91 Å². The molecule has 1 heterocycles. The number of carboxylic acids is 1. The topological polar surface area (TPSA) is 99.6 Å². The van der Waals surface area contributed by atoms with Gasteiger partial charge in [-0.2, -0.15) is 0 Å². The smallest absolute Gasteiger partial charge is 0.354 e. The first-order valence-corrected chi connectivity index (χ1v) is 6.17. The van der Waals surface area contributed by atoms with Gasteiger partial charge in [0.05, 0.1) is 12.1 Å². The van der Waals surface area contributed by atoms with Gasteiger partial charge < -0.3 is 15.3 Å². The molecule has 108 valence electrons. The zero-order valence-electron chi connectivity index (χ0n) is 11.4. The number of carbonyl (C=O) groups is 3. The Kier molecular flexibility index (Phi) is 5.64. The van der Waals surface area contributed by atoms with Gasteiger partial charge in [-0.25, -0.2) is 9.78 Å². The van der Waals surface area contributed by atoms with Crippen LogP contribution in [0.25, 0.3) is 0 Å². The average Bonchev–Trinajstić information content (AvgIpc) is 2.44. The molecule has 20 heavy (non-hydrogen) atoms. The number of hydrogen-bond donors (Lipinski definition) is 2. The molecular weight excluding hydrogens is 262 g/mol. The van der Waals surface area contributed by atoms with E-state index in [1.165, 1.54) is 30.3 Å². The van der Waals surface area contributed by atoms with Crippen molar-refractivity contribution in [2.45, 2.75) is 13.3 Å². The number of amides is 2. The fraction of sp³-hybridized carbons (Fsp3) is 0.385. The summed E-state index contributed by atoms with van der Waals surface area (Å²) in [5, 5.41) is 11.4. The van der Waals surface area contributed by atoms with Crippen molar-refractivity contribution < 1.29 is 19.5 Å². The molecule has 0 spiro atoms. The predicted molar refractivity (Wildman–Crippen MR) is 71.5 cm³/mol. The highest BCUT2D eigenvalue weighted by Gasteiger charge is 2.15. The minimum Gasteiger partial charge on any atom is -0.477 e. The van der Waals surface area contributed by atoms with Crippen LogP contribution in [-0.4, -0.2) is 52.9 Å². The second-order valence-electron chi connectivity index (χ2n) is 4.25. The van der Waals surface area contributed by atoms with Crippen LogP contribution in [0.3, 0.4) is 0 Å². The highest BCUT2D eigenvalue weighted by molar-refractivity contribution is 5.96. The van der Waals surface area contributed by atoms with Crippen molar-refractivity contribution in [3.63, 3.8) is 0 Å². The van der Waals surface area contributed by atoms with E-state index in [1.807, 2.05) is 6.92 Å². The number of rotatable bonds is 6. The summed E-state index contributed by atoms with van der Waals surface area (Å²) in [6, 6.07) is 2.62. The molecule has 0 fully saturated rings. The Morgan fingerprint density at radius 2 is 2.05 bits per heavy atom. The number of nitrogens with one attached hydrogen (secondary N) is 1. The molecular formula is C13H17N3O4. The Balaban J connectivity index is 2.64. The van der Waals surface area contributed by atoms with E-state index in [4.69, 9.17) is 5.11 Å². The Morgan fingerprint density at radius 1 is 1.35 bits per heavy atom. The number of nitrogens with zero attached hydrogens (tertiary/aromatic N) is 2. The molecule has 0 aromatic carbocycles. The van der Waals surface area contributed by atoms with Gasteiger partial charge in [-0.1, -0.05) is 6.92 Å². The lowest BCUT2D eigenvalue weighted by Gasteiger charge is -2.16. The molecule has 1 rings (SSSR count). The van der Waals surface area contributed by atoms with Crippen LogP contribution in [0.1, 0.15) is 34.2 Å². The van der Waals surface area contributed by atoms with E-state index in [0.29, 0.717) is 6.54 Å². The van der Waals surface area contributed by atoms with Crippen molar-refractivity contribution in [2.75, 3.05) is 20.1 Å². The average molecular weight is 279 g/mol. The van der Waals surface area contributed by atoms with E-state index in [1.54, 1.807) is 0 Å². The van der Waals surface area contributed by atoms with Crippen LogP contribution in [0.5, 0.6) is 0 Å². The van der Waals surface area contributed by atoms with Gasteiger partial charge in [0.15, 0.2) is 0 Å². The maximum absolute atomic E-state index is 12.0. The fourth-order valence-corrected chi connectivity index (χ4v) is 1.47. The summed E-state index contributed by atoms with van der Waals surface area (Å²) >= 11 is 0. The van der Waals surface area contributed by atoms with Crippen molar-refractivity contribution >= 4 is 17.8 Å². The van der Waals surface area contributed by atoms with Crippen LogP contribution >= 0.6 is 0 Å². The number of carboxylic acid groups (broad SMARTS) is 1. The third kappa shape index (κ3) is 4.34. The summed E-state index contributed by atoms with van der Waals surface area (Å²) < 4.78 is 0. The predicted octanol–water partition coefficient (Wildman–Crippen LogP) is 0.378. The summed E-state index contributed by atoms with van der Waals surface area (Å²) in [5.74, 6) is -1.78. The minimum atomic E-state index is -1.16. The molecule has 0 atom stereocenters. The van der Waals surface area contributed by atoms with Crippen molar-refractivity contribution in [3.8, 4) is 0 Å². The molecule has 0 aliphatic carbocycles. The fourth-order valence-electron chi connectivity index (χ4n) is 1.47. The lowest BCUT2D eigenvalue weighted by molar-refractivity contribution is -0.121. The van der Waals surface area contributed by atoms with Gasteiger partial charge in [0.1, 0.15) is 5.69 Å². The van der Waals surface area contributed by atoms with Crippen molar-refractivity contribution in [1.29, 1.82) is 0 Å². The van der Waals surface area contributed by atoms with E-state index >= 15 is 0 Å². The van der Waals surface area contributed by atoms with Crippen LogP contribution in [0.15, 0.2) is 18.3 Å². The lowest BCUT2D eigenvalue weighted by atomic mass is 10.2. The molecule has 0 radical (unpaired) electrons. The third-order valence-corrected chi connectivity index (χ3v) is 2.53. The van der Waals surface area contributed by atoms with E-state index in [2.05, 4.69) is 10.3 Å². The molecule has 2 N–H and O–H groups in total. The summed E-state index contributed by atoms with van der Waals surface area (Å²) in [5.41, 5.74) is 0.102. The van der Waals surface area contributed by atoms with Crippen LogP contribution in [-0.2, 0) is 4.79 Å². The van der Waals surface area contributed by atoms with Crippen LogP contribution in [0.4, 0.5) is 0 Å². The molecule has 0 aliphatic heterocycles. The summed E-state index contributed by atoms with van der Waals surface area (Å²) in [4.78, 5) is 39.1.